The summed E-state index contributed by atoms with van der Waals surface area (Å²) in [6.07, 6.45) is 3.57. The number of hydrogen-bond acceptors (Lipinski definition) is 6. The number of aromatic nitrogens is 1. The van der Waals surface area contributed by atoms with Crippen molar-refractivity contribution in [3.8, 4) is 11.3 Å². The Morgan fingerprint density at radius 3 is 2.62 bits per heavy atom. The Hall–Kier alpha value is -2.49. The van der Waals surface area contributed by atoms with E-state index in [4.69, 9.17) is 4.42 Å². The van der Waals surface area contributed by atoms with E-state index in [1.54, 1.807) is 42.7 Å². The van der Waals surface area contributed by atoms with Gasteiger partial charge >= 0.3 is 0 Å². The van der Waals surface area contributed by atoms with Crippen LogP contribution in [0.2, 0.25) is 0 Å². The van der Waals surface area contributed by atoms with Gasteiger partial charge in [0.1, 0.15) is 10.8 Å². The Morgan fingerprint density at radius 1 is 1.17 bits per heavy atom. The molecule has 3 aromatic rings. The lowest BCUT2D eigenvalue weighted by atomic mass is 10.2. The maximum Gasteiger partial charge on any atom is 0.243 e. The fourth-order valence-corrected chi connectivity index (χ4v) is 5.52. The summed E-state index contributed by atoms with van der Waals surface area (Å²) >= 11 is 1.40. The van der Waals surface area contributed by atoms with Crippen molar-refractivity contribution in [3.63, 3.8) is 0 Å². The molecule has 3 heterocycles. The molecule has 1 fully saturated rings. The van der Waals surface area contributed by atoms with Gasteiger partial charge in [0.15, 0.2) is 0 Å². The number of benzene rings is 1. The zero-order valence-electron chi connectivity index (χ0n) is 15.7. The fraction of sp³-hybridized carbons (Fsp3) is 0.300. The molecule has 0 saturated carbocycles. The summed E-state index contributed by atoms with van der Waals surface area (Å²) in [5.74, 6) is 0.566. The number of carbonyl (C=O) groups is 1. The largest absolute Gasteiger partial charge is 0.467 e. The minimum absolute atomic E-state index is 0.130. The standard InChI is InChI=1S/C20H21N3O4S2/c24-19(21-13-16-4-3-11-27-16)12-20-22-18(14-28-20)15-5-7-17(8-6-15)29(25,26)23-9-1-2-10-23/h3-8,11,14H,1-2,9-10,12-13H2,(H,21,24). The SMILES string of the molecule is O=C(Cc1nc(-c2ccc(S(=O)(=O)N3CCCC3)cc2)cs1)NCc1ccco1. The molecule has 0 bridgehead atoms. The van der Waals surface area contributed by atoms with Crippen LogP contribution in [-0.4, -0.2) is 36.7 Å². The fourth-order valence-electron chi connectivity index (χ4n) is 3.20. The van der Waals surface area contributed by atoms with Crippen LogP contribution in [0.3, 0.4) is 0 Å². The number of amides is 1. The number of thiazole rings is 1. The van der Waals surface area contributed by atoms with Crippen molar-refractivity contribution in [2.75, 3.05) is 13.1 Å². The minimum atomic E-state index is -3.42. The van der Waals surface area contributed by atoms with Crippen molar-refractivity contribution < 1.29 is 17.6 Å². The molecule has 9 heteroatoms. The van der Waals surface area contributed by atoms with Crippen LogP contribution in [0, 0.1) is 0 Å². The quantitative estimate of drug-likeness (QED) is 0.621. The molecule has 1 aromatic carbocycles. The van der Waals surface area contributed by atoms with Crippen LogP contribution >= 0.6 is 11.3 Å². The van der Waals surface area contributed by atoms with Crippen LogP contribution in [-0.2, 0) is 27.8 Å². The predicted molar refractivity (Wildman–Crippen MR) is 110 cm³/mol. The Labute approximate surface area is 173 Å². The smallest absolute Gasteiger partial charge is 0.243 e. The van der Waals surface area contributed by atoms with Crippen LogP contribution in [0.4, 0.5) is 0 Å². The molecular formula is C20H21N3O4S2. The highest BCUT2D eigenvalue weighted by Crippen LogP contribution is 2.26. The van der Waals surface area contributed by atoms with Gasteiger partial charge < -0.3 is 9.73 Å². The van der Waals surface area contributed by atoms with E-state index in [-0.39, 0.29) is 12.3 Å². The lowest BCUT2D eigenvalue weighted by Crippen LogP contribution is -2.27. The van der Waals surface area contributed by atoms with Gasteiger partial charge in [0.05, 0.1) is 29.8 Å². The number of carbonyl (C=O) groups excluding carboxylic acids is 1. The summed E-state index contributed by atoms with van der Waals surface area (Å²) in [7, 11) is -3.42. The molecule has 29 heavy (non-hydrogen) atoms. The van der Waals surface area contributed by atoms with Gasteiger partial charge in [-0.15, -0.1) is 11.3 Å². The molecule has 7 nitrogen and oxygen atoms in total. The minimum Gasteiger partial charge on any atom is -0.467 e. The number of nitrogens with zero attached hydrogens (tertiary/aromatic N) is 2. The molecular weight excluding hydrogens is 410 g/mol. The summed E-state index contributed by atoms with van der Waals surface area (Å²) in [6, 6.07) is 10.3. The van der Waals surface area contributed by atoms with Gasteiger partial charge in [0, 0.05) is 24.0 Å². The van der Waals surface area contributed by atoms with E-state index < -0.39 is 10.0 Å². The molecule has 0 aliphatic carbocycles. The van der Waals surface area contributed by atoms with Crippen LogP contribution in [0.15, 0.2) is 57.4 Å². The summed E-state index contributed by atoms with van der Waals surface area (Å²) in [5, 5.41) is 5.37. The Morgan fingerprint density at radius 2 is 1.93 bits per heavy atom. The first-order chi connectivity index (χ1) is 14.0. The van der Waals surface area contributed by atoms with Crippen molar-refractivity contribution in [2.24, 2.45) is 0 Å². The second-order valence-corrected chi connectivity index (χ2v) is 9.68. The average molecular weight is 432 g/mol. The highest BCUT2D eigenvalue weighted by molar-refractivity contribution is 7.89. The van der Waals surface area contributed by atoms with Crippen LogP contribution < -0.4 is 5.32 Å². The highest BCUT2D eigenvalue weighted by atomic mass is 32.2. The third-order valence-electron chi connectivity index (χ3n) is 4.76. The number of furan rings is 1. The molecule has 2 aromatic heterocycles. The monoisotopic (exact) mass is 431 g/mol. The zero-order valence-corrected chi connectivity index (χ0v) is 17.3. The van der Waals surface area contributed by atoms with Gasteiger partial charge in [0.25, 0.3) is 0 Å². The molecule has 4 rings (SSSR count). The lowest BCUT2D eigenvalue weighted by molar-refractivity contribution is -0.120. The maximum absolute atomic E-state index is 12.6. The van der Waals surface area contributed by atoms with E-state index in [2.05, 4.69) is 10.3 Å². The molecule has 0 unspecified atom stereocenters. The Balaban J connectivity index is 1.39. The van der Waals surface area contributed by atoms with E-state index in [0.717, 1.165) is 24.1 Å². The molecule has 1 aliphatic rings. The molecule has 1 saturated heterocycles. The molecule has 1 amide bonds. The lowest BCUT2D eigenvalue weighted by Gasteiger charge is -2.15. The number of nitrogens with one attached hydrogen (secondary N) is 1. The van der Waals surface area contributed by atoms with Crippen LogP contribution in [0.1, 0.15) is 23.6 Å². The molecule has 1 N–H and O–H groups in total. The molecule has 1 aliphatic heterocycles. The zero-order chi connectivity index (χ0) is 20.3. The number of hydrogen-bond donors (Lipinski definition) is 1. The summed E-state index contributed by atoms with van der Waals surface area (Å²) in [5.41, 5.74) is 1.55. The van der Waals surface area contributed by atoms with E-state index in [1.807, 2.05) is 5.38 Å². The second-order valence-electron chi connectivity index (χ2n) is 6.79. The van der Waals surface area contributed by atoms with Crippen molar-refractivity contribution in [3.05, 3.63) is 58.8 Å². The third kappa shape index (κ3) is 4.58. The van der Waals surface area contributed by atoms with E-state index >= 15 is 0 Å². The third-order valence-corrected chi connectivity index (χ3v) is 7.52. The summed E-state index contributed by atoms with van der Waals surface area (Å²) in [4.78, 5) is 16.9. The first-order valence-corrected chi connectivity index (χ1v) is 11.7. The van der Waals surface area contributed by atoms with Gasteiger partial charge in [-0.2, -0.15) is 4.31 Å². The van der Waals surface area contributed by atoms with Crippen molar-refractivity contribution >= 4 is 27.3 Å². The van der Waals surface area contributed by atoms with Gasteiger partial charge in [0.2, 0.25) is 15.9 Å². The van der Waals surface area contributed by atoms with E-state index in [9.17, 15) is 13.2 Å². The van der Waals surface area contributed by atoms with E-state index in [1.165, 1.54) is 15.6 Å². The normalized spacial score (nSPS) is 14.9. The topological polar surface area (TPSA) is 92.5 Å². The predicted octanol–water partition coefficient (Wildman–Crippen LogP) is 3.05. The number of sulfonamides is 1. The molecule has 0 radical (unpaired) electrons. The Bertz CT molecular complexity index is 1070. The van der Waals surface area contributed by atoms with Gasteiger partial charge in [-0.05, 0) is 37.1 Å². The van der Waals surface area contributed by atoms with Gasteiger partial charge in [-0.3, -0.25) is 4.79 Å². The van der Waals surface area contributed by atoms with E-state index in [0.29, 0.717) is 35.3 Å². The summed E-state index contributed by atoms with van der Waals surface area (Å²) in [6.45, 7) is 1.51. The highest BCUT2D eigenvalue weighted by Gasteiger charge is 2.27. The second kappa shape index (κ2) is 8.48. The van der Waals surface area contributed by atoms with Gasteiger partial charge in [-0.25, -0.2) is 13.4 Å². The first kappa shape index (κ1) is 19.8. The van der Waals surface area contributed by atoms with Crippen molar-refractivity contribution in [1.29, 1.82) is 0 Å². The van der Waals surface area contributed by atoms with Crippen molar-refractivity contribution in [1.82, 2.24) is 14.6 Å². The molecule has 152 valence electrons. The van der Waals surface area contributed by atoms with Crippen LogP contribution in [0.25, 0.3) is 11.3 Å². The Kier molecular flexibility index (Phi) is 5.79. The van der Waals surface area contributed by atoms with Crippen LogP contribution in [0.5, 0.6) is 0 Å². The molecule has 0 spiro atoms. The van der Waals surface area contributed by atoms with Gasteiger partial charge in [-0.1, -0.05) is 12.1 Å². The average Bonchev–Trinajstić information content (AvgIpc) is 3.49. The summed E-state index contributed by atoms with van der Waals surface area (Å²) < 4.78 is 32.0. The maximum atomic E-state index is 12.6. The number of rotatable bonds is 7. The molecule has 0 atom stereocenters. The van der Waals surface area contributed by atoms with Crippen molar-refractivity contribution in [2.45, 2.75) is 30.7 Å². The first-order valence-electron chi connectivity index (χ1n) is 9.36.